The maximum atomic E-state index is 14.2. The van der Waals surface area contributed by atoms with E-state index in [0.29, 0.717) is 0 Å². The van der Waals surface area contributed by atoms with Crippen LogP contribution in [0.4, 0.5) is 4.39 Å². The maximum absolute atomic E-state index is 14.2. The van der Waals surface area contributed by atoms with E-state index in [1.807, 2.05) is 37.3 Å². The molecule has 0 N–H and O–H groups in total. The summed E-state index contributed by atoms with van der Waals surface area (Å²) < 4.78 is 61.5. The second kappa shape index (κ2) is 9.63. The molecule has 2 aromatic carbocycles. The Hall–Kier alpha value is -2.49. The lowest BCUT2D eigenvalue weighted by Gasteiger charge is -2.24. The van der Waals surface area contributed by atoms with Crippen molar-refractivity contribution in [1.82, 2.24) is 0 Å². The number of benzene rings is 2. The summed E-state index contributed by atoms with van der Waals surface area (Å²) in [6, 6.07) is 12.7. The molecule has 28 heavy (non-hydrogen) atoms. The number of hydrogen-bond donors (Lipinski definition) is 0. The van der Waals surface area contributed by atoms with E-state index in [1.165, 1.54) is 13.2 Å². The van der Waals surface area contributed by atoms with Crippen LogP contribution in [0.3, 0.4) is 0 Å². The summed E-state index contributed by atoms with van der Waals surface area (Å²) in [6.45, 7) is 1.26. The first kappa shape index (κ1) is 21.8. The highest BCUT2D eigenvalue weighted by Gasteiger charge is 2.22. The van der Waals surface area contributed by atoms with Crippen LogP contribution in [0.2, 0.25) is 0 Å². The van der Waals surface area contributed by atoms with Gasteiger partial charge in [-0.2, -0.15) is 0 Å². The molecule has 0 heterocycles. The molecular formula is C19H20FO7S-. The molecule has 0 fully saturated rings. The highest BCUT2D eigenvalue weighted by molar-refractivity contribution is 7.85. The molecule has 0 aliphatic carbocycles. The molecule has 2 aromatic rings. The first-order valence-corrected chi connectivity index (χ1v) is 9.93. The van der Waals surface area contributed by atoms with Crippen molar-refractivity contribution in [1.29, 1.82) is 0 Å². The highest BCUT2D eigenvalue weighted by Crippen LogP contribution is 2.27. The average Bonchev–Trinajstić information content (AvgIpc) is 2.66. The van der Waals surface area contributed by atoms with Crippen LogP contribution in [0.1, 0.15) is 28.8 Å². The van der Waals surface area contributed by atoms with Crippen LogP contribution in [0.15, 0.2) is 48.5 Å². The van der Waals surface area contributed by atoms with Crippen molar-refractivity contribution >= 4 is 16.1 Å². The topological polar surface area (TPSA) is 102 Å². The van der Waals surface area contributed by atoms with E-state index in [1.54, 1.807) is 0 Å². The first-order chi connectivity index (χ1) is 13.2. The molecule has 9 heteroatoms. The lowest BCUT2D eigenvalue weighted by Crippen LogP contribution is -2.26. The molecule has 0 saturated heterocycles. The van der Waals surface area contributed by atoms with Crippen molar-refractivity contribution in [2.45, 2.75) is 19.1 Å². The molecular weight excluding hydrogens is 391 g/mol. The summed E-state index contributed by atoms with van der Waals surface area (Å²) >= 11 is 0. The maximum Gasteiger partial charge on any atom is 0.338 e. The fourth-order valence-electron chi connectivity index (χ4n) is 2.43. The van der Waals surface area contributed by atoms with Crippen molar-refractivity contribution in [2.75, 3.05) is 19.5 Å². The zero-order valence-electron chi connectivity index (χ0n) is 15.3. The number of esters is 1. The first-order valence-electron chi connectivity index (χ1n) is 8.36. The van der Waals surface area contributed by atoms with Crippen molar-refractivity contribution in [3.8, 4) is 5.75 Å². The van der Waals surface area contributed by atoms with Crippen molar-refractivity contribution < 1.29 is 36.4 Å². The fourth-order valence-corrected chi connectivity index (χ4v) is 2.72. The molecule has 0 saturated carbocycles. The molecule has 0 spiro atoms. The zero-order valence-corrected chi connectivity index (χ0v) is 16.1. The Morgan fingerprint density at radius 1 is 1.18 bits per heavy atom. The third-order valence-corrected chi connectivity index (χ3v) is 4.61. The van der Waals surface area contributed by atoms with Gasteiger partial charge in [-0.15, -0.1) is 0 Å². The van der Waals surface area contributed by atoms with Gasteiger partial charge in [0, 0.05) is 13.0 Å². The lowest BCUT2D eigenvalue weighted by molar-refractivity contribution is -0.0699. The summed E-state index contributed by atoms with van der Waals surface area (Å²) in [7, 11) is -3.08. The molecule has 0 aliphatic rings. The van der Waals surface area contributed by atoms with Gasteiger partial charge in [0.2, 0.25) is 6.29 Å². The minimum atomic E-state index is -4.50. The summed E-state index contributed by atoms with van der Waals surface area (Å²) in [5.74, 6) is -2.91. The summed E-state index contributed by atoms with van der Waals surface area (Å²) in [5.41, 5.74) is 0.867. The number of hydrogen-bond acceptors (Lipinski definition) is 7. The molecule has 0 aromatic heterocycles. The van der Waals surface area contributed by atoms with E-state index in [2.05, 4.69) is 0 Å². The normalized spacial score (nSPS) is 13.6. The molecule has 7 nitrogen and oxygen atoms in total. The smallest absolute Gasteiger partial charge is 0.338 e. The molecule has 2 rings (SSSR count). The van der Waals surface area contributed by atoms with Crippen LogP contribution in [0.5, 0.6) is 5.75 Å². The number of ether oxygens (including phenoxy) is 3. The Labute approximate surface area is 162 Å². The Morgan fingerprint density at radius 2 is 1.86 bits per heavy atom. The predicted octanol–water partition coefficient (Wildman–Crippen LogP) is 2.68. The summed E-state index contributed by atoms with van der Waals surface area (Å²) in [6.07, 6.45) is -0.825. The Balaban J connectivity index is 2.12. The van der Waals surface area contributed by atoms with E-state index in [9.17, 15) is 22.2 Å². The van der Waals surface area contributed by atoms with Gasteiger partial charge in [0.15, 0.2) is 11.6 Å². The van der Waals surface area contributed by atoms with Gasteiger partial charge in [-0.25, -0.2) is 17.6 Å². The van der Waals surface area contributed by atoms with E-state index >= 15 is 0 Å². The van der Waals surface area contributed by atoms with Crippen LogP contribution in [0.25, 0.3) is 0 Å². The third kappa shape index (κ3) is 6.29. The number of rotatable bonds is 9. The van der Waals surface area contributed by atoms with E-state index in [-0.39, 0.29) is 17.2 Å². The molecule has 0 aliphatic heterocycles. The quantitative estimate of drug-likeness (QED) is 0.355. The predicted molar refractivity (Wildman–Crippen MR) is 97.5 cm³/mol. The van der Waals surface area contributed by atoms with E-state index in [0.717, 1.165) is 17.7 Å². The van der Waals surface area contributed by atoms with Crippen molar-refractivity contribution in [3.05, 3.63) is 65.5 Å². The Morgan fingerprint density at radius 3 is 2.46 bits per heavy atom. The SMILES string of the molecule is COC(Oc1cc(C(=O)OCCS(=O)(=O)[O-])ccc1F)C(C)c1ccccc1. The molecule has 0 bridgehead atoms. The number of carbonyl (C=O) groups excluding carboxylic acids is 1. The Kier molecular flexibility index (Phi) is 7.50. The standard InChI is InChI=1S/C19H21FO7S/c1-13(14-6-4-3-5-7-14)19(25-2)27-17-12-15(8-9-16(17)20)18(21)26-10-11-28(22,23)24/h3-9,12-13,19H,10-11H2,1-2H3,(H,22,23,24)/p-1. The number of carbonyl (C=O) groups is 1. The third-order valence-electron chi connectivity index (χ3n) is 3.94. The van der Waals surface area contributed by atoms with Crippen molar-refractivity contribution in [2.24, 2.45) is 0 Å². The minimum Gasteiger partial charge on any atom is -0.748 e. The monoisotopic (exact) mass is 411 g/mol. The summed E-state index contributed by atoms with van der Waals surface area (Å²) in [5, 5.41) is 0. The molecule has 0 amide bonds. The van der Waals surface area contributed by atoms with Gasteiger partial charge in [-0.05, 0) is 23.8 Å². The van der Waals surface area contributed by atoms with E-state index < -0.39 is 40.6 Å². The van der Waals surface area contributed by atoms with E-state index in [4.69, 9.17) is 14.2 Å². The second-order valence-electron chi connectivity index (χ2n) is 5.96. The lowest BCUT2D eigenvalue weighted by atomic mass is 10.0. The van der Waals surface area contributed by atoms with Gasteiger partial charge in [0.1, 0.15) is 6.61 Å². The summed E-state index contributed by atoms with van der Waals surface area (Å²) in [4.78, 5) is 12.0. The van der Waals surface area contributed by atoms with Crippen LogP contribution < -0.4 is 4.74 Å². The molecule has 0 radical (unpaired) electrons. The Bertz CT molecular complexity index is 900. The van der Waals surface area contributed by atoms with Gasteiger partial charge in [0.25, 0.3) is 0 Å². The van der Waals surface area contributed by atoms with Gasteiger partial charge in [0.05, 0.1) is 21.4 Å². The van der Waals surface area contributed by atoms with Gasteiger partial charge >= 0.3 is 5.97 Å². The van der Waals surface area contributed by atoms with Crippen LogP contribution >= 0.6 is 0 Å². The van der Waals surface area contributed by atoms with Crippen molar-refractivity contribution in [3.63, 3.8) is 0 Å². The van der Waals surface area contributed by atoms with Gasteiger partial charge in [-0.1, -0.05) is 37.3 Å². The van der Waals surface area contributed by atoms with Gasteiger partial charge in [-0.3, -0.25) is 0 Å². The molecule has 152 valence electrons. The van der Waals surface area contributed by atoms with Gasteiger partial charge < -0.3 is 18.8 Å². The zero-order chi connectivity index (χ0) is 20.7. The molecule has 2 atom stereocenters. The van der Waals surface area contributed by atoms with Crippen LogP contribution in [0, 0.1) is 5.82 Å². The minimum absolute atomic E-state index is 0.0538. The number of halogens is 1. The fraction of sp³-hybridized carbons (Fsp3) is 0.316. The van der Waals surface area contributed by atoms with Crippen LogP contribution in [-0.4, -0.2) is 44.7 Å². The highest BCUT2D eigenvalue weighted by atomic mass is 32.2. The van der Waals surface area contributed by atoms with Crippen LogP contribution in [-0.2, 0) is 19.6 Å². The number of methoxy groups -OCH3 is 1. The largest absolute Gasteiger partial charge is 0.748 e. The molecule has 2 unspecified atom stereocenters. The second-order valence-corrected chi connectivity index (χ2v) is 7.49. The average molecular weight is 411 g/mol.